The van der Waals surface area contributed by atoms with Crippen LogP contribution >= 0.6 is 0 Å². The first-order chi connectivity index (χ1) is 15.2. The van der Waals surface area contributed by atoms with Crippen molar-refractivity contribution < 1.29 is 0 Å². The van der Waals surface area contributed by atoms with E-state index in [2.05, 4.69) is 12.1 Å². The maximum Gasteiger partial charge on any atom is 0.146 e. The highest BCUT2D eigenvalue weighted by molar-refractivity contribution is 6.08. The number of aromatic nitrogens is 2. The van der Waals surface area contributed by atoms with E-state index in [0.29, 0.717) is 11.3 Å². The van der Waals surface area contributed by atoms with Crippen molar-refractivity contribution in [3.63, 3.8) is 0 Å². The summed E-state index contributed by atoms with van der Waals surface area (Å²) in [4.78, 5) is 4.93. The van der Waals surface area contributed by atoms with Crippen LogP contribution in [0.5, 0.6) is 0 Å². The standard InChI is InChI=1S/C26H13N5/c27-14-17-12-19(15-28)25(20(13-17)16-29)31-24-9-5-4-8-21(24)22-10-11-23(30-26(22)31)18-6-2-1-3-7-18/h1-13H. The number of para-hydroxylation sites is 1. The molecule has 0 N–H and O–H groups in total. The molecule has 31 heavy (non-hydrogen) atoms. The van der Waals surface area contributed by atoms with Crippen LogP contribution < -0.4 is 0 Å². The van der Waals surface area contributed by atoms with E-state index < -0.39 is 0 Å². The molecule has 2 aromatic heterocycles. The zero-order valence-corrected chi connectivity index (χ0v) is 16.2. The molecule has 0 unspecified atom stereocenters. The third-order valence-electron chi connectivity index (χ3n) is 5.30. The summed E-state index contributed by atoms with van der Waals surface area (Å²) in [6.45, 7) is 0. The van der Waals surface area contributed by atoms with Gasteiger partial charge in [-0.15, -0.1) is 0 Å². The summed E-state index contributed by atoms with van der Waals surface area (Å²) in [7, 11) is 0. The average molecular weight is 395 g/mol. The third-order valence-corrected chi connectivity index (χ3v) is 5.30. The van der Waals surface area contributed by atoms with Crippen LogP contribution in [0.3, 0.4) is 0 Å². The molecule has 5 nitrogen and oxygen atoms in total. The number of rotatable bonds is 2. The van der Waals surface area contributed by atoms with Crippen molar-refractivity contribution in [3.8, 4) is 35.2 Å². The first-order valence-corrected chi connectivity index (χ1v) is 9.59. The van der Waals surface area contributed by atoms with Gasteiger partial charge in [0, 0.05) is 16.3 Å². The van der Waals surface area contributed by atoms with Crippen molar-refractivity contribution in [1.82, 2.24) is 9.55 Å². The minimum absolute atomic E-state index is 0.255. The van der Waals surface area contributed by atoms with Crippen molar-refractivity contribution in [3.05, 3.63) is 95.6 Å². The van der Waals surface area contributed by atoms with E-state index in [0.717, 1.165) is 27.5 Å². The molecule has 0 saturated carbocycles. The van der Waals surface area contributed by atoms with Crippen molar-refractivity contribution in [1.29, 1.82) is 15.8 Å². The number of nitriles is 3. The lowest BCUT2D eigenvalue weighted by molar-refractivity contribution is 1.12. The Kier molecular flexibility index (Phi) is 4.19. The smallest absolute Gasteiger partial charge is 0.146 e. The van der Waals surface area contributed by atoms with E-state index in [1.807, 2.05) is 77.4 Å². The molecule has 0 fully saturated rings. The lowest BCUT2D eigenvalue weighted by atomic mass is 10.0. The Morgan fingerprint density at radius 2 is 1.35 bits per heavy atom. The maximum atomic E-state index is 9.83. The van der Waals surface area contributed by atoms with Gasteiger partial charge in [0.15, 0.2) is 0 Å². The Labute approximate surface area is 178 Å². The van der Waals surface area contributed by atoms with Gasteiger partial charge in [-0.3, -0.25) is 4.57 Å². The van der Waals surface area contributed by atoms with Gasteiger partial charge in [0.25, 0.3) is 0 Å². The Morgan fingerprint density at radius 3 is 2.03 bits per heavy atom. The number of benzene rings is 3. The molecule has 0 radical (unpaired) electrons. The van der Waals surface area contributed by atoms with E-state index in [-0.39, 0.29) is 16.7 Å². The SMILES string of the molecule is N#Cc1cc(C#N)c(-n2c3ccccc3c3ccc(-c4ccccc4)nc32)c(C#N)c1. The molecule has 0 aliphatic heterocycles. The van der Waals surface area contributed by atoms with E-state index >= 15 is 0 Å². The zero-order valence-electron chi connectivity index (χ0n) is 16.2. The molecule has 0 saturated heterocycles. The molecule has 3 aromatic carbocycles. The topological polar surface area (TPSA) is 89.2 Å². The van der Waals surface area contributed by atoms with Crippen LogP contribution in [0.15, 0.2) is 78.9 Å². The first kappa shape index (κ1) is 18.1. The quantitative estimate of drug-likeness (QED) is 0.397. The molecule has 0 spiro atoms. The monoisotopic (exact) mass is 395 g/mol. The largest absolute Gasteiger partial charge is 0.291 e. The van der Waals surface area contributed by atoms with Crippen LogP contribution in [-0.2, 0) is 0 Å². The highest BCUT2D eigenvalue weighted by Crippen LogP contribution is 2.35. The minimum Gasteiger partial charge on any atom is -0.291 e. The summed E-state index contributed by atoms with van der Waals surface area (Å²) in [6.07, 6.45) is 0. The normalized spacial score (nSPS) is 10.5. The molecule has 0 amide bonds. The first-order valence-electron chi connectivity index (χ1n) is 9.59. The van der Waals surface area contributed by atoms with Crippen molar-refractivity contribution >= 4 is 21.9 Å². The Bertz CT molecular complexity index is 1570. The molecule has 0 bridgehead atoms. The Hall–Kier alpha value is -4.92. The predicted octanol–water partition coefficient (Wildman–Crippen LogP) is 5.46. The van der Waals surface area contributed by atoms with Crippen LogP contribution in [0.4, 0.5) is 0 Å². The van der Waals surface area contributed by atoms with E-state index in [1.54, 1.807) is 0 Å². The fraction of sp³-hybridized carbons (Fsp3) is 0. The highest BCUT2D eigenvalue weighted by atomic mass is 15.1. The highest BCUT2D eigenvalue weighted by Gasteiger charge is 2.20. The van der Waals surface area contributed by atoms with Gasteiger partial charge >= 0.3 is 0 Å². The maximum absolute atomic E-state index is 9.83. The second-order valence-corrected chi connectivity index (χ2v) is 7.04. The number of nitrogens with zero attached hydrogens (tertiary/aromatic N) is 5. The summed E-state index contributed by atoms with van der Waals surface area (Å²) in [5, 5.41) is 30.9. The molecule has 142 valence electrons. The summed E-state index contributed by atoms with van der Waals surface area (Å²) < 4.78 is 1.86. The Morgan fingerprint density at radius 1 is 0.677 bits per heavy atom. The number of hydrogen-bond donors (Lipinski definition) is 0. The molecule has 0 aliphatic rings. The van der Waals surface area contributed by atoms with Gasteiger partial charge in [0.05, 0.1) is 39.7 Å². The summed E-state index contributed by atoms with van der Waals surface area (Å²) in [5.74, 6) is 0. The molecule has 5 rings (SSSR count). The van der Waals surface area contributed by atoms with Gasteiger partial charge in [-0.2, -0.15) is 15.8 Å². The molecule has 0 atom stereocenters. The van der Waals surface area contributed by atoms with Gasteiger partial charge in [-0.05, 0) is 30.3 Å². The van der Waals surface area contributed by atoms with Gasteiger partial charge in [-0.25, -0.2) is 4.98 Å². The number of hydrogen-bond acceptors (Lipinski definition) is 4. The summed E-state index contributed by atoms with van der Waals surface area (Å²) in [6, 6.07) is 31.0. The summed E-state index contributed by atoms with van der Waals surface area (Å²) >= 11 is 0. The lowest BCUT2D eigenvalue weighted by Crippen LogP contribution is -2.03. The molecule has 2 heterocycles. The van der Waals surface area contributed by atoms with E-state index in [4.69, 9.17) is 4.98 Å². The van der Waals surface area contributed by atoms with Crippen molar-refractivity contribution in [2.24, 2.45) is 0 Å². The van der Waals surface area contributed by atoms with Crippen LogP contribution in [0, 0.1) is 34.0 Å². The number of fused-ring (bicyclic) bond motifs is 3. The second-order valence-electron chi connectivity index (χ2n) is 7.04. The molecular weight excluding hydrogens is 382 g/mol. The van der Waals surface area contributed by atoms with Gasteiger partial charge in [0.2, 0.25) is 0 Å². The van der Waals surface area contributed by atoms with Crippen molar-refractivity contribution in [2.75, 3.05) is 0 Å². The molecular formula is C26H13N5. The van der Waals surface area contributed by atoms with E-state index in [1.165, 1.54) is 12.1 Å². The fourth-order valence-electron chi connectivity index (χ4n) is 3.95. The lowest BCUT2D eigenvalue weighted by Gasteiger charge is -2.12. The summed E-state index contributed by atoms with van der Waals surface area (Å²) in [5.41, 5.74) is 4.48. The molecule has 0 aliphatic carbocycles. The zero-order chi connectivity index (χ0) is 21.4. The van der Waals surface area contributed by atoms with Crippen molar-refractivity contribution in [2.45, 2.75) is 0 Å². The van der Waals surface area contributed by atoms with Crippen LogP contribution in [0.2, 0.25) is 0 Å². The van der Waals surface area contributed by atoms with Gasteiger partial charge in [-0.1, -0.05) is 48.5 Å². The van der Waals surface area contributed by atoms with Gasteiger partial charge < -0.3 is 0 Å². The third kappa shape index (κ3) is 2.80. The number of pyridine rings is 1. The van der Waals surface area contributed by atoms with E-state index in [9.17, 15) is 15.8 Å². The molecule has 5 heteroatoms. The van der Waals surface area contributed by atoms with Crippen LogP contribution in [-0.4, -0.2) is 9.55 Å². The predicted molar refractivity (Wildman–Crippen MR) is 118 cm³/mol. The fourth-order valence-corrected chi connectivity index (χ4v) is 3.95. The average Bonchev–Trinajstić information content (AvgIpc) is 3.17. The Balaban J connectivity index is 1.95. The van der Waals surface area contributed by atoms with Crippen LogP contribution in [0.1, 0.15) is 16.7 Å². The minimum atomic E-state index is 0.255. The second kappa shape index (κ2) is 7.16. The van der Waals surface area contributed by atoms with Crippen LogP contribution in [0.25, 0.3) is 38.9 Å². The molecule has 5 aromatic rings. The van der Waals surface area contributed by atoms with Gasteiger partial charge in [0.1, 0.15) is 17.8 Å².